The number of hydrogen-bond acceptors (Lipinski definition) is 1. The van der Waals surface area contributed by atoms with E-state index in [1.165, 1.54) is 0 Å². The zero-order valence-electron chi connectivity index (χ0n) is 10.7. The SMILES string of the molecule is C=C/C=C(\C=C)NC(C)C.CC.CC. The predicted molar refractivity (Wildman–Crippen MR) is 69.4 cm³/mol. The molecule has 0 aliphatic carbocycles. The first-order valence-corrected chi connectivity index (χ1v) is 5.42. The van der Waals surface area contributed by atoms with Crippen LogP contribution in [0.4, 0.5) is 0 Å². The van der Waals surface area contributed by atoms with Crippen LogP contribution in [0, 0.1) is 0 Å². The molecule has 0 saturated heterocycles. The lowest BCUT2D eigenvalue weighted by atomic mass is 10.3. The van der Waals surface area contributed by atoms with Crippen molar-refractivity contribution in [2.75, 3.05) is 0 Å². The van der Waals surface area contributed by atoms with E-state index in [0.717, 1.165) is 5.70 Å². The van der Waals surface area contributed by atoms with Crippen LogP contribution in [0.15, 0.2) is 37.1 Å². The molecule has 0 radical (unpaired) electrons. The van der Waals surface area contributed by atoms with E-state index >= 15 is 0 Å². The van der Waals surface area contributed by atoms with Gasteiger partial charge in [-0.1, -0.05) is 46.9 Å². The molecule has 14 heavy (non-hydrogen) atoms. The van der Waals surface area contributed by atoms with Gasteiger partial charge in [-0.3, -0.25) is 0 Å². The van der Waals surface area contributed by atoms with E-state index in [0.29, 0.717) is 6.04 Å². The summed E-state index contributed by atoms with van der Waals surface area (Å²) in [7, 11) is 0. The van der Waals surface area contributed by atoms with Gasteiger partial charge in [-0.25, -0.2) is 0 Å². The maximum Gasteiger partial charge on any atom is 0.0335 e. The van der Waals surface area contributed by atoms with Crippen LogP contribution in [-0.4, -0.2) is 6.04 Å². The van der Waals surface area contributed by atoms with E-state index in [1.54, 1.807) is 12.2 Å². The Hall–Kier alpha value is -0.980. The first kappa shape index (κ1) is 18.7. The van der Waals surface area contributed by atoms with Crippen molar-refractivity contribution in [2.45, 2.75) is 47.6 Å². The molecule has 0 aromatic rings. The molecule has 0 aromatic carbocycles. The molecule has 0 aromatic heterocycles. The fourth-order valence-corrected chi connectivity index (χ4v) is 0.635. The van der Waals surface area contributed by atoms with E-state index in [2.05, 4.69) is 32.3 Å². The fourth-order valence-electron chi connectivity index (χ4n) is 0.635. The topological polar surface area (TPSA) is 12.0 Å². The minimum absolute atomic E-state index is 0.448. The van der Waals surface area contributed by atoms with Gasteiger partial charge in [0.15, 0.2) is 0 Å². The van der Waals surface area contributed by atoms with Crippen molar-refractivity contribution >= 4 is 0 Å². The summed E-state index contributed by atoms with van der Waals surface area (Å²) in [5.41, 5.74) is 1.02. The van der Waals surface area contributed by atoms with Crippen LogP contribution in [0.2, 0.25) is 0 Å². The van der Waals surface area contributed by atoms with E-state index in [4.69, 9.17) is 0 Å². The highest BCUT2D eigenvalue weighted by Crippen LogP contribution is 1.92. The van der Waals surface area contributed by atoms with Crippen molar-refractivity contribution in [3.63, 3.8) is 0 Å². The second kappa shape index (κ2) is 17.9. The minimum atomic E-state index is 0.448. The van der Waals surface area contributed by atoms with Crippen molar-refractivity contribution in [2.24, 2.45) is 0 Å². The predicted octanol–water partition coefficient (Wildman–Crippen LogP) is 4.29. The Morgan fingerprint density at radius 1 is 1.07 bits per heavy atom. The Bertz CT molecular complexity index is 143. The van der Waals surface area contributed by atoms with Crippen molar-refractivity contribution in [1.82, 2.24) is 5.32 Å². The molecule has 1 nitrogen and oxygen atoms in total. The van der Waals surface area contributed by atoms with Gasteiger partial charge in [0.2, 0.25) is 0 Å². The second-order valence-corrected chi connectivity index (χ2v) is 2.36. The number of hydrogen-bond donors (Lipinski definition) is 1. The van der Waals surface area contributed by atoms with Gasteiger partial charge in [-0.05, 0) is 26.0 Å². The zero-order valence-corrected chi connectivity index (χ0v) is 10.7. The van der Waals surface area contributed by atoms with E-state index in [-0.39, 0.29) is 0 Å². The summed E-state index contributed by atoms with van der Waals surface area (Å²) in [6.07, 6.45) is 5.42. The monoisotopic (exact) mass is 197 g/mol. The van der Waals surface area contributed by atoms with Crippen LogP contribution in [0.5, 0.6) is 0 Å². The first-order chi connectivity index (χ1) is 6.70. The molecule has 84 valence electrons. The van der Waals surface area contributed by atoms with Gasteiger partial charge in [0.05, 0.1) is 0 Å². The number of nitrogens with one attached hydrogen (secondary N) is 1. The standard InChI is InChI=1S/C9H15N.2C2H6/c1-5-7-9(6-2)10-8(3)4;2*1-2/h5-8,10H,1-2H2,3-4H3;2*1-2H3/b9-7+;;. The molecule has 0 heterocycles. The zero-order chi connectivity index (χ0) is 12.0. The Morgan fingerprint density at radius 3 is 1.71 bits per heavy atom. The summed E-state index contributed by atoms with van der Waals surface area (Å²) < 4.78 is 0. The lowest BCUT2D eigenvalue weighted by Gasteiger charge is -2.09. The first-order valence-electron chi connectivity index (χ1n) is 5.42. The Labute approximate surface area is 90.6 Å². The van der Waals surface area contributed by atoms with Crippen LogP contribution in [-0.2, 0) is 0 Å². The highest BCUT2D eigenvalue weighted by atomic mass is 14.9. The molecule has 0 rings (SSSR count). The molecule has 0 unspecified atom stereocenters. The number of rotatable bonds is 4. The second-order valence-electron chi connectivity index (χ2n) is 2.36. The smallest absolute Gasteiger partial charge is 0.0335 e. The van der Waals surface area contributed by atoms with Gasteiger partial charge >= 0.3 is 0 Å². The summed E-state index contributed by atoms with van der Waals surface area (Å²) in [4.78, 5) is 0. The molecule has 0 atom stereocenters. The third-order valence-electron chi connectivity index (χ3n) is 0.973. The van der Waals surface area contributed by atoms with Crippen molar-refractivity contribution in [3.05, 3.63) is 37.1 Å². The summed E-state index contributed by atoms with van der Waals surface area (Å²) in [6.45, 7) is 19.4. The number of allylic oxidation sites excluding steroid dienone is 3. The molecular formula is C13H27N. The van der Waals surface area contributed by atoms with E-state index in [1.807, 2.05) is 33.8 Å². The highest BCUT2D eigenvalue weighted by molar-refractivity contribution is 5.19. The van der Waals surface area contributed by atoms with Crippen LogP contribution >= 0.6 is 0 Å². The van der Waals surface area contributed by atoms with Gasteiger partial charge in [0.25, 0.3) is 0 Å². The average Bonchev–Trinajstić information content (AvgIpc) is 2.22. The maximum absolute atomic E-state index is 3.65. The maximum atomic E-state index is 3.65. The summed E-state index contributed by atoms with van der Waals surface area (Å²) in [5, 5.41) is 3.20. The molecule has 1 N–H and O–H groups in total. The Balaban J connectivity index is -0.000000266. The lowest BCUT2D eigenvalue weighted by molar-refractivity contribution is 0.681. The molecule has 0 amide bonds. The van der Waals surface area contributed by atoms with Gasteiger partial charge in [0.1, 0.15) is 0 Å². The lowest BCUT2D eigenvalue weighted by Crippen LogP contribution is -2.20. The average molecular weight is 197 g/mol. The Kier molecular flexibility index (Phi) is 24.0. The van der Waals surface area contributed by atoms with Gasteiger partial charge in [-0.15, -0.1) is 0 Å². The molecule has 0 aliphatic heterocycles. The minimum Gasteiger partial charge on any atom is -0.383 e. The summed E-state index contributed by atoms with van der Waals surface area (Å²) >= 11 is 0. The normalized spacial score (nSPS) is 8.93. The quantitative estimate of drug-likeness (QED) is 0.663. The van der Waals surface area contributed by atoms with Gasteiger partial charge in [0, 0.05) is 11.7 Å². The third-order valence-corrected chi connectivity index (χ3v) is 0.973. The van der Waals surface area contributed by atoms with Crippen molar-refractivity contribution in [1.29, 1.82) is 0 Å². The van der Waals surface area contributed by atoms with Crippen LogP contribution in [0.3, 0.4) is 0 Å². The van der Waals surface area contributed by atoms with Gasteiger partial charge < -0.3 is 5.32 Å². The van der Waals surface area contributed by atoms with E-state index < -0.39 is 0 Å². The summed E-state index contributed by atoms with van der Waals surface area (Å²) in [6, 6.07) is 0.448. The molecule has 0 saturated carbocycles. The van der Waals surface area contributed by atoms with Crippen LogP contribution in [0.1, 0.15) is 41.5 Å². The molecule has 0 spiro atoms. The van der Waals surface area contributed by atoms with Gasteiger partial charge in [-0.2, -0.15) is 0 Å². The van der Waals surface area contributed by atoms with Crippen LogP contribution < -0.4 is 5.32 Å². The summed E-state index contributed by atoms with van der Waals surface area (Å²) in [5.74, 6) is 0. The fraction of sp³-hybridized carbons (Fsp3) is 0.538. The third kappa shape index (κ3) is 17.2. The molecule has 1 heteroatoms. The molecule has 0 aliphatic rings. The largest absolute Gasteiger partial charge is 0.383 e. The van der Waals surface area contributed by atoms with Crippen molar-refractivity contribution in [3.8, 4) is 0 Å². The molecular weight excluding hydrogens is 170 g/mol. The highest BCUT2D eigenvalue weighted by Gasteiger charge is 1.90. The van der Waals surface area contributed by atoms with Crippen molar-refractivity contribution < 1.29 is 0 Å². The molecule has 0 fully saturated rings. The van der Waals surface area contributed by atoms with E-state index in [9.17, 15) is 0 Å². The molecule has 0 bridgehead atoms. The van der Waals surface area contributed by atoms with Crippen LogP contribution in [0.25, 0.3) is 0 Å². The Morgan fingerprint density at radius 2 is 1.50 bits per heavy atom.